The van der Waals surface area contributed by atoms with E-state index in [1.165, 1.54) is 0 Å². The van der Waals surface area contributed by atoms with E-state index in [4.69, 9.17) is 9.84 Å². The van der Waals surface area contributed by atoms with Gasteiger partial charge in [-0.05, 0) is 44.7 Å². The number of rotatable bonds is 5. The first-order valence-corrected chi connectivity index (χ1v) is 7.31. The van der Waals surface area contributed by atoms with E-state index < -0.39 is 5.97 Å². The van der Waals surface area contributed by atoms with Crippen LogP contribution in [0.4, 0.5) is 5.69 Å². The second-order valence-corrected chi connectivity index (χ2v) is 5.43. The Hall–Kier alpha value is -1.88. The quantitative estimate of drug-likeness (QED) is 0.874. The molecule has 0 saturated carbocycles. The van der Waals surface area contributed by atoms with E-state index >= 15 is 0 Å². The van der Waals surface area contributed by atoms with Gasteiger partial charge < -0.3 is 15.2 Å². The van der Waals surface area contributed by atoms with Crippen LogP contribution in [0.2, 0.25) is 0 Å². The molecule has 1 aromatic rings. The summed E-state index contributed by atoms with van der Waals surface area (Å²) in [6, 6.07) is 4.97. The van der Waals surface area contributed by atoms with Gasteiger partial charge in [-0.1, -0.05) is 11.6 Å². The van der Waals surface area contributed by atoms with Crippen molar-refractivity contribution in [3.8, 4) is 0 Å². The van der Waals surface area contributed by atoms with E-state index in [9.17, 15) is 9.59 Å². The highest BCUT2D eigenvalue weighted by molar-refractivity contribution is 6.00. The Morgan fingerprint density at radius 1 is 1.38 bits per heavy atom. The molecule has 114 valence electrons. The molecule has 1 atom stereocenters. The summed E-state index contributed by atoms with van der Waals surface area (Å²) < 4.78 is 5.58. The number of carboxylic acids is 1. The molecule has 1 heterocycles. The minimum absolute atomic E-state index is 0.122. The first-order valence-electron chi connectivity index (χ1n) is 7.31. The molecule has 1 amide bonds. The Balaban J connectivity index is 1.91. The smallest absolute Gasteiger partial charge is 0.337 e. The molecule has 2 rings (SSSR count). The number of hydrogen-bond donors (Lipinski definition) is 2. The van der Waals surface area contributed by atoms with Crippen molar-refractivity contribution >= 4 is 17.6 Å². The maximum absolute atomic E-state index is 12.0. The summed E-state index contributed by atoms with van der Waals surface area (Å²) in [4.78, 5) is 23.1. The van der Waals surface area contributed by atoms with Gasteiger partial charge in [0, 0.05) is 13.0 Å². The van der Waals surface area contributed by atoms with E-state index in [1.54, 1.807) is 18.2 Å². The number of nitrogens with one attached hydrogen (secondary N) is 1. The fourth-order valence-electron chi connectivity index (χ4n) is 2.48. The average Bonchev–Trinajstić information content (AvgIpc) is 2.48. The Bertz CT molecular complexity index is 521. The van der Waals surface area contributed by atoms with Crippen LogP contribution in [0.5, 0.6) is 0 Å². The number of anilines is 1. The van der Waals surface area contributed by atoms with Crippen LogP contribution in [0.25, 0.3) is 0 Å². The number of amides is 1. The van der Waals surface area contributed by atoms with Crippen LogP contribution in [0.15, 0.2) is 18.2 Å². The largest absolute Gasteiger partial charge is 0.478 e. The Morgan fingerprint density at radius 2 is 2.19 bits per heavy atom. The number of ether oxygens (including phenoxy) is 1. The number of benzene rings is 1. The lowest BCUT2D eigenvalue weighted by molar-refractivity contribution is -0.117. The molecule has 0 bridgehead atoms. The number of aryl methyl sites for hydroxylation is 1. The maximum Gasteiger partial charge on any atom is 0.337 e. The monoisotopic (exact) mass is 291 g/mol. The molecular formula is C16H21NO4. The molecule has 0 spiro atoms. The third kappa shape index (κ3) is 4.56. The molecule has 1 saturated heterocycles. The average molecular weight is 291 g/mol. The molecule has 1 unspecified atom stereocenters. The highest BCUT2D eigenvalue weighted by atomic mass is 16.5. The number of aromatic carboxylic acids is 1. The lowest BCUT2D eigenvalue weighted by atomic mass is 10.0. The van der Waals surface area contributed by atoms with Crippen LogP contribution in [-0.2, 0) is 9.53 Å². The standard InChI is InChI=1S/C16H21NO4/c1-11-5-7-14(13(10-11)16(19)20)17-15(18)8-6-12-4-2-3-9-21-12/h5,7,10,12H,2-4,6,8-9H2,1H3,(H,17,18)(H,19,20). The Labute approximate surface area is 124 Å². The molecule has 5 nitrogen and oxygen atoms in total. The second kappa shape index (κ2) is 7.22. The normalized spacial score (nSPS) is 18.2. The van der Waals surface area contributed by atoms with Gasteiger partial charge >= 0.3 is 5.97 Å². The summed E-state index contributed by atoms with van der Waals surface area (Å²) in [5.74, 6) is -1.21. The molecule has 2 N–H and O–H groups in total. The summed E-state index contributed by atoms with van der Waals surface area (Å²) >= 11 is 0. The van der Waals surface area contributed by atoms with Crippen LogP contribution in [0.3, 0.4) is 0 Å². The summed E-state index contributed by atoms with van der Waals surface area (Å²) in [5.41, 5.74) is 1.32. The second-order valence-electron chi connectivity index (χ2n) is 5.43. The van der Waals surface area contributed by atoms with E-state index in [-0.39, 0.29) is 17.6 Å². The van der Waals surface area contributed by atoms with Crippen molar-refractivity contribution in [3.05, 3.63) is 29.3 Å². The minimum atomic E-state index is -1.04. The first kappa shape index (κ1) is 15.5. The van der Waals surface area contributed by atoms with E-state index in [1.807, 2.05) is 6.92 Å². The molecule has 1 fully saturated rings. The fourth-order valence-corrected chi connectivity index (χ4v) is 2.48. The number of hydrogen-bond acceptors (Lipinski definition) is 3. The third-order valence-corrected chi connectivity index (χ3v) is 3.65. The topological polar surface area (TPSA) is 75.6 Å². The van der Waals surface area contributed by atoms with Crippen molar-refractivity contribution in [2.75, 3.05) is 11.9 Å². The minimum Gasteiger partial charge on any atom is -0.478 e. The zero-order valence-corrected chi connectivity index (χ0v) is 12.2. The van der Waals surface area contributed by atoms with Gasteiger partial charge in [-0.2, -0.15) is 0 Å². The van der Waals surface area contributed by atoms with Gasteiger partial charge in [-0.25, -0.2) is 4.79 Å². The predicted octanol–water partition coefficient (Wildman–Crippen LogP) is 2.98. The van der Waals surface area contributed by atoms with Crippen LogP contribution in [-0.4, -0.2) is 29.7 Å². The zero-order chi connectivity index (χ0) is 15.2. The van der Waals surface area contributed by atoms with Crippen LogP contribution in [0, 0.1) is 6.92 Å². The summed E-state index contributed by atoms with van der Waals surface area (Å²) in [7, 11) is 0. The van der Waals surface area contributed by atoms with Gasteiger partial charge in [-0.3, -0.25) is 4.79 Å². The van der Waals surface area contributed by atoms with Crippen molar-refractivity contribution in [2.24, 2.45) is 0 Å². The van der Waals surface area contributed by atoms with Crippen LogP contribution in [0.1, 0.15) is 48.0 Å². The lowest BCUT2D eigenvalue weighted by Gasteiger charge is -2.22. The van der Waals surface area contributed by atoms with Gasteiger partial charge in [0.05, 0.1) is 17.4 Å². The molecule has 0 radical (unpaired) electrons. The third-order valence-electron chi connectivity index (χ3n) is 3.65. The van der Waals surface area contributed by atoms with Crippen LogP contribution >= 0.6 is 0 Å². The SMILES string of the molecule is Cc1ccc(NC(=O)CCC2CCCCO2)c(C(=O)O)c1. The van der Waals surface area contributed by atoms with Gasteiger partial charge in [0.15, 0.2) is 0 Å². The first-order chi connectivity index (χ1) is 10.1. The summed E-state index contributed by atoms with van der Waals surface area (Å²) in [6.07, 6.45) is 4.42. The van der Waals surface area contributed by atoms with Crippen molar-refractivity contribution in [2.45, 2.75) is 45.1 Å². The van der Waals surface area contributed by atoms with E-state index in [0.29, 0.717) is 18.5 Å². The molecule has 0 aliphatic carbocycles. The predicted molar refractivity (Wildman–Crippen MR) is 79.6 cm³/mol. The Morgan fingerprint density at radius 3 is 2.86 bits per heavy atom. The molecule has 1 aliphatic heterocycles. The van der Waals surface area contributed by atoms with Gasteiger partial charge in [0.25, 0.3) is 0 Å². The molecule has 5 heteroatoms. The lowest BCUT2D eigenvalue weighted by Crippen LogP contribution is -2.22. The van der Waals surface area contributed by atoms with Crippen molar-refractivity contribution in [3.63, 3.8) is 0 Å². The van der Waals surface area contributed by atoms with Crippen molar-refractivity contribution in [1.82, 2.24) is 0 Å². The molecule has 21 heavy (non-hydrogen) atoms. The molecular weight excluding hydrogens is 270 g/mol. The molecule has 1 aromatic carbocycles. The maximum atomic E-state index is 12.0. The molecule has 1 aliphatic rings. The van der Waals surface area contributed by atoms with Gasteiger partial charge in [0.2, 0.25) is 5.91 Å². The van der Waals surface area contributed by atoms with Gasteiger partial charge in [0.1, 0.15) is 0 Å². The van der Waals surface area contributed by atoms with Crippen molar-refractivity contribution in [1.29, 1.82) is 0 Å². The number of carbonyl (C=O) groups is 2. The van der Waals surface area contributed by atoms with Crippen LogP contribution < -0.4 is 5.32 Å². The summed E-state index contributed by atoms with van der Waals surface area (Å²) in [5, 5.41) is 11.8. The molecule has 0 aromatic heterocycles. The highest BCUT2D eigenvalue weighted by Gasteiger charge is 2.17. The van der Waals surface area contributed by atoms with Crippen molar-refractivity contribution < 1.29 is 19.4 Å². The Kier molecular flexibility index (Phi) is 5.33. The van der Waals surface area contributed by atoms with E-state index in [2.05, 4.69) is 5.32 Å². The van der Waals surface area contributed by atoms with E-state index in [0.717, 1.165) is 31.4 Å². The van der Waals surface area contributed by atoms with Gasteiger partial charge in [-0.15, -0.1) is 0 Å². The highest BCUT2D eigenvalue weighted by Crippen LogP contribution is 2.20. The fraction of sp³-hybridized carbons (Fsp3) is 0.500. The summed E-state index contributed by atoms with van der Waals surface area (Å²) in [6.45, 7) is 2.59. The number of carboxylic acid groups (broad SMARTS) is 1. The zero-order valence-electron chi connectivity index (χ0n) is 12.2. The number of carbonyl (C=O) groups excluding carboxylic acids is 1.